The van der Waals surface area contributed by atoms with Crippen LogP contribution in [0.1, 0.15) is 11.4 Å². The highest BCUT2D eigenvalue weighted by molar-refractivity contribution is 7.89. The molecule has 1 aromatic carbocycles. The molecule has 0 radical (unpaired) electrons. The fourth-order valence-electron chi connectivity index (χ4n) is 2.48. The Bertz CT molecular complexity index is 1250. The molecule has 2 heterocycles. The van der Waals surface area contributed by atoms with Crippen molar-refractivity contribution in [3.05, 3.63) is 57.5 Å². The minimum Gasteiger partial charge on any atom is -0.272 e. The zero-order valence-corrected chi connectivity index (χ0v) is 16.5. The topological polar surface area (TPSA) is 125 Å². The summed E-state index contributed by atoms with van der Waals surface area (Å²) >= 11 is 1.31. The van der Waals surface area contributed by atoms with Gasteiger partial charge in [0.25, 0.3) is 11.5 Å². The SMILES string of the molecule is Cc1nc2sccc2c(=O)n1NC(=O)CN(C)S(=O)(=O)c1ccc(C#N)cc1. The monoisotopic (exact) mass is 417 g/mol. The minimum absolute atomic E-state index is 0.0449. The van der Waals surface area contributed by atoms with Gasteiger partial charge < -0.3 is 0 Å². The highest BCUT2D eigenvalue weighted by Gasteiger charge is 2.23. The summed E-state index contributed by atoms with van der Waals surface area (Å²) in [5.74, 6) is -0.410. The smallest absolute Gasteiger partial charge is 0.272 e. The van der Waals surface area contributed by atoms with Gasteiger partial charge in [-0.05, 0) is 42.6 Å². The van der Waals surface area contributed by atoms with Gasteiger partial charge in [-0.1, -0.05) is 0 Å². The second-order valence-corrected chi connectivity index (χ2v) is 8.81. The molecular formula is C17H15N5O4S2. The molecule has 0 aliphatic rings. The van der Waals surface area contributed by atoms with Crippen molar-refractivity contribution >= 4 is 37.5 Å². The third-order valence-corrected chi connectivity index (χ3v) is 6.58. The molecule has 0 atom stereocenters. The summed E-state index contributed by atoms with van der Waals surface area (Å²) in [6.07, 6.45) is 0. The molecule has 0 bridgehead atoms. The van der Waals surface area contributed by atoms with E-state index in [1.807, 2.05) is 6.07 Å². The maximum Gasteiger partial charge on any atom is 0.281 e. The zero-order valence-electron chi connectivity index (χ0n) is 14.9. The number of sulfonamides is 1. The molecule has 0 aliphatic heterocycles. The Morgan fingerprint density at radius 1 is 1.32 bits per heavy atom. The lowest BCUT2D eigenvalue weighted by Gasteiger charge is -2.18. The number of nitrogens with one attached hydrogen (secondary N) is 1. The maximum absolute atomic E-state index is 12.6. The molecule has 28 heavy (non-hydrogen) atoms. The lowest BCUT2D eigenvalue weighted by atomic mass is 10.2. The molecule has 0 unspecified atom stereocenters. The van der Waals surface area contributed by atoms with E-state index in [-0.39, 0.29) is 10.7 Å². The second kappa shape index (κ2) is 7.51. The van der Waals surface area contributed by atoms with Crippen LogP contribution in [0.5, 0.6) is 0 Å². The first-order valence-electron chi connectivity index (χ1n) is 7.97. The fourth-order valence-corrected chi connectivity index (χ4v) is 4.40. The van der Waals surface area contributed by atoms with Gasteiger partial charge in [0.1, 0.15) is 10.7 Å². The molecule has 0 saturated carbocycles. The molecule has 1 amide bonds. The van der Waals surface area contributed by atoms with Gasteiger partial charge in [0.2, 0.25) is 10.0 Å². The predicted octanol–water partition coefficient (Wildman–Crippen LogP) is 1.03. The third-order valence-electron chi connectivity index (χ3n) is 3.96. The third kappa shape index (κ3) is 3.65. The number of hydrogen-bond acceptors (Lipinski definition) is 7. The molecular weight excluding hydrogens is 402 g/mol. The van der Waals surface area contributed by atoms with E-state index in [1.54, 1.807) is 18.4 Å². The van der Waals surface area contributed by atoms with Gasteiger partial charge >= 0.3 is 0 Å². The molecule has 3 rings (SSSR count). The van der Waals surface area contributed by atoms with E-state index in [0.717, 1.165) is 8.98 Å². The number of rotatable bonds is 5. The van der Waals surface area contributed by atoms with Crippen molar-refractivity contribution in [2.45, 2.75) is 11.8 Å². The normalized spacial score (nSPS) is 11.5. The summed E-state index contributed by atoms with van der Waals surface area (Å²) in [5.41, 5.74) is 2.28. The Kier molecular flexibility index (Phi) is 5.28. The van der Waals surface area contributed by atoms with Gasteiger partial charge in [-0.15, -0.1) is 11.3 Å². The van der Waals surface area contributed by atoms with E-state index >= 15 is 0 Å². The number of aromatic nitrogens is 2. The molecule has 0 aliphatic carbocycles. The largest absolute Gasteiger partial charge is 0.281 e. The van der Waals surface area contributed by atoms with Crippen LogP contribution in [0.4, 0.5) is 0 Å². The molecule has 0 spiro atoms. The Balaban J connectivity index is 1.79. The number of fused-ring (bicyclic) bond motifs is 1. The summed E-state index contributed by atoms with van der Waals surface area (Å²) in [5, 5.41) is 10.9. The average Bonchev–Trinajstić information content (AvgIpc) is 3.13. The molecule has 0 saturated heterocycles. The number of nitrogens with zero attached hydrogens (tertiary/aromatic N) is 4. The lowest BCUT2D eigenvalue weighted by molar-refractivity contribution is -0.117. The van der Waals surface area contributed by atoms with Crippen LogP contribution < -0.4 is 11.0 Å². The van der Waals surface area contributed by atoms with Crippen molar-refractivity contribution in [1.29, 1.82) is 5.26 Å². The van der Waals surface area contributed by atoms with Crippen molar-refractivity contribution in [2.75, 3.05) is 19.0 Å². The number of amides is 1. The molecule has 11 heteroatoms. The Morgan fingerprint density at radius 3 is 2.64 bits per heavy atom. The number of nitriles is 1. The Labute approximate surface area is 164 Å². The summed E-state index contributed by atoms with van der Waals surface area (Å²) in [7, 11) is -2.68. The van der Waals surface area contributed by atoms with Crippen molar-refractivity contribution in [1.82, 2.24) is 14.0 Å². The number of carbonyl (C=O) groups is 1. The number of thiophene rings is 1. The minimum atomic E-state index is -3.94. The van der Waals surface area contributed by atoms with Gasteiger partial charge in [-0.25, -0.2) is 18.1 Å². The lowest BCUT2D eigenvalue weighted by Crippen LogP contribution is -2.41. The fraction of sp³-hybridized carbons (Fsp3) is 0.176. The van der Waals surface area contributed by atoms with Crippen molar-refractivity contribution in [3.8, 4) is 6.07 Å². The second-order valence-electron chi connectivity index (χ2n) is 5.87. The van der Waals surface area contributed by atoms with Crippen LogP contribution in [0.25, 0.3) is 10.2 Å². The van der Waals surface area contributed by atoms with Crippen LogP contribution in [-0.2, 0) is 14.8 Å². The summed E-state index contributed by atoms with van der Waals surface area (Å²) in [4.78, 5) is 29.6. The van der Waals surface area contributed by atoms with Crippen molar-refractivity contribution < 1.29 is 13.2 Å². The quantitative estimate of drug-likeness (QED) is 0.661. The molecule has 144 valence electrons. The number of carbonyl (C=O) groups excluding carboxylic acids is 1. The number of aryl methyl sites for hydroxylation is 1. The van der Waals surface area contributed by atoms with E-state index in [9.17, 15) is 18.0 Å². The van der Waals surface area contributed by atoms with E-state index in [0.29, 0.717) is 15.8 Å². The first-order valence-corrected chi connectivity index (χ1v) is 10.3. The molecule has 1 N–H and O–H groups in total. The van der Waals surface area contributed by atoms with E-state index in [4.69, 9.17) is 5.26 Å². The zero-order chi connectivity index (χ0) is 20.5. The van der Waals surface area contributed by atoms with Crippen LogP contribution in [0, 0.1) is 18.3 Å². The maximum atomic E-state index is 12.6. The van der Waals surface area contributed by atoms with Crippen molar-refractivity contribution in [3.63, 3.8) is 0 Å². The van der Waals surface area contributed by atoms with Crippen LogP contribution >= 0.6 is 11.3 Å². The number of benzene rings is 1. The number of hydrogen-bond donors (Lipinski definition) is 1. The highest BCUT2D eigenvalue weighted by Crippen LogP contribution is 2.16. The van der Waals surface area contributed by atoms with Crippen LogP contribution in [0.15, 0.2) is 45.4 Å². The molecule has 9 nitrogen and oxygen atoms in total. The molecule has 2 aromatic heterocycles. The first kappa shape index (κ1) is 19.7. The van der Waals surface area contributed by atoms with Crippen LogP contribution in [0.2, 0.25) is 0 Å². The predicted molar refractivity (Wildman–Crippen MR) is 104 cm³/mol. The highest BCUT2D eigenvalue weighted by atomic mass is 32.2. The van der Waals surface area contributed by atoms with Crippen LogP contribution in [-0.4, -0.2) is 41.9 Å². The Morgan fingerprint density at radius 2 is 2.00 bits per heavy atom. The van der Waals surface area contributed by atoms with E-state index in [1.165, 1.54) is 42.6 Å². The van der Waals surface area contributed by atoms with Gasteiger partial charge in [-0.3, -0.25) is 15.0 Å². The van der Waals surface area contributed by atoms with E-state index < -0.39 is 28.0 Å². The summed E-state index contributed by atoms with van der Waals surface area (Å²) in [6.45, 7) is 1.06. The van der Waals surface area contributed by atoms with Gasteiger partial charge in [0.05, 0.1) is 28.5 Å². The first-order chi connectivity index (χ1) is 13.2. The number of likely N-dealkylation sites (N-methyl/N-ethyl adjacent to an activating group) is 1. The molecule has 0 fully saturated rings. The Hall–Kier alpha value is -3.07. The van der Waals surface area contributed by atoms with Crippen LogP contribution in [0.3, 0.4) is 0 Å². The molecule has 3 aromatic rings. The van der Waals surface area contributed by atoms with Gasteiger partial charge in [-0.2, -0.15) is 9.57 Å². The van der Waals surface area contributed by atoms with Gasteiger partial charge in [0, 0.05) is 7.05 Å². The van der Waals surface area contributed by atoms with Crippen molar-refractivity contribution in [2.24, 2.45) is 0 Å². The summed E-state index contributed by atoms with van der Waals surface area (Å²) in [6, 6.07) is 8.87. The average molecular weight is 417 g/mol. The van der Waals surface area contributed by atoms with E-state index in [2.05, 4.69) is 10.4 Å². The standard InChI is InChI=1S/C17H15N5O4S2/c1-11-19-16-14(7-8-27-16)17(24)22(11)20-15(23)10-21(2)28(25,26)13-5-3-12(9-18)4-6-13/h3-8H,10H2,1-2H3,(H,20,23). The summed E-state index contributed by atoms with van der Waals surface area (Å²) < 4.78 is 27.0. The van der Waals surface area contributed by atoms with Gasteiger partial charge in [0.15, 0.2) is 0 Å².